The van der Waals surface area contributed by atoms with E-state index in [1.54, 1.807) is 12.1 Å². The Bertz CT molecular complexity index is 1070. The van der Waals surface area contributed by atoms with Gasteiger partial charge in [-0.05, 0) is 47.4 Å². The van der Waals surface area contributed by atoms with Crippen molar-refractivity contribution < 1.29 is 43.1 Å². The summed E-state index contributed by atoms with van der Waals surface area (Å²) in [6.07, 6.45) is 0.591. The fraction of sp³-hybridized carbons (Fsp3) is 0.440. The van der Waals surface area contributed by atoms with Crippen LogP contribution in [0.4, 0.5) is 0 Å². The van der Waals surface area contributed by atoms with Crippen molar-refractivity contribution in [3.05, 3.63) is 41.0 Å². The highest BCUT2D eigenvalue weighted by atomic mass is 16.7. The van der Waals surface area contributed by atoms with Crippen LogP contribution in [0.15, 0.2) is 24.3 Å². The summed E-state index contributed by atoms with van der Waals surface area (Å²) in [4.78, 5) is 23.3. The monoisotopic (exact) mass is 472 g/mol. The molecule has 0 saturated heterocycles. The number of benzene rings is 2. The molecule has 9 nitrogen and oxygen atoms in total. The van der Waals surface area contributed by atoms with E-state index in [2.05, 4.69) is 0 Å². The minimum Gasteiger partial charge on any atom is -0.502 e. The SMILES string of the molecule is COc1cc([C@H]2c3cc4c(cc3C[C@@H](COC(C)=O)[C@@H]2COC(C)=O)OCO4)cc(OC)c1O. The number of aromatic hydroxyl groups is 1. The summed E-state index contributed by atoms with van der Waals surface area (Å²) in [7, 11) is 2.93. The largest absolute Gasteiger partial charge is 0.502 e. The fourth-order valence-corrected chi connectivity index (χ4v) is 4.78. The van der Waals surface area contributed by atoms with Gasteiger partial charge in [-0.1, -0.05) is 0 Å². The summed E-state index contributed by atoms with van der Waals surface area (Å²) in [5.74, 6) is 0.214. The highest BCUT2D eigenvalue weighted by Crippen LogP contribution is 2.50. The highest BCUT2D eigenvalue weighted by molar-refractivity contribution is 5.66. The average Bonchev–Trinajstić information content (AvgIpc) is 3.26. The van der Waals surface area contributed by atoms with Gasteiger partial charge >= 0.3 is 11.9 Å². The standard InChI is InChI=1S/C25H28O9/c1-13(26)31-10-17-5-15-6-20-21(34-12-33-20)9-18(15)24(19(17)11-32-14(2)27)16-7-22(29-3)25(28)23(8-16)30-4/h6-9,17,19,24,28H,5,10-12H2,1-4H3/t17-,19-,24-/m0/s1. The number of carbonyl (C=O) groups excluding carboxylic acids is 2. The predicted octanol–water partition coefficient (Wildman–Crippen LogP) is 3.18. The maximum absolute atomic E-state index is 11.7. The van der Waals surface area contributed by atoms with Gasteiger partial charge in [-0.3, -0.25) is 9.59 Å². The van der Waals surface area contributed by atoms with Gasteiger partial charge in [-0.2, -0.15) is 0 Å². The summed E-state index contributed by atoms with van der Waals surface area (Å²) >= 11 is 0. The summed E-state index contributed by atoms with van der Waals surface area (Å²) in [5.41, 5.74) is 2.77. The van der Waals surface area contributed by atoms with Crippen LogP contribution in [-0.2, 0) is 25.5 Å². The number of phenols is 1. The van der Waals surface area contributed by atoms with Crippen molar-refractivity contribution >= 4 is 11.9 Å². The quantitative estimate of drug-likeness (QED) is 0.608. The number of carbonyl (C=O) groups is 2. The van der Waals surface area contributed by atoms with Crippen molar-refractivity contribution in [3.63, 3.8) is 0 Å². The van der Waals surface area contributed by atoms with Gasteiger partial charge in [0.15, 0.2) is 23.0 Å². The molecule has 1 N–H and O–H groups in total. The number of ether oxygens (including phenoxy) is 6. The van der Waals surface area contributed by atoms with E-state index in [1.807, 2.05) is 12.1 Å². The number of rotatable bonds is 7. The lowest BCUT2D eigenvalue weighted by Gasteiger charge is -2.39. The van der Waals surface area contributed by atoms with Gasteiger partial charge in [0.25, 0.3) is 0 Å². The van der Waals surface area contributed by atoms with Crippen molar-refractivity contribution in [1.82, 2.24) is 0 Å². The molecular formula is C25H28O9. The first kappa shape index (κ1) is 23.5. The van der Waals surface area contributed by atoms with Crippen LogP contribution in [0.25, 0.3) is 0 Å². The minimum absolute atomic E-state index is 0.108. The van der Waals surface area contributed by atoms with Crippen LogP contribution >= 0.6 is 0 Å². The van der Waals surface area contributed by atoms with Crippen LogP contribution in [0, 0.1) is 11.8 Å². The number of hydrogen-bond acceptors (Lipinski definition) is 9. The zero-order chi connectivity index (χ0) is 24.4. The zero-order valence-electron chi connectivity index (χ0n) is 19.6. The third kappa shape index (κ3) is 4.55. The third-order valence-corrected chi connectivity index (χ3v) is 6.33. The van der Waals surface area contributed by atoms with E-state index in [0.717, 1.165) is 16.7 Å². The van der Waals surface area contributed by atoms with E-state index in [0.29, 0.717) is 17.9 Å². The molecule has 0 bridgehead atoms. The molecule has 1 aliphatic carbocycles. The van der Waals surface area contributed by atoms with E-state index in [4.69, 9.17) is 28.4 Å². The molecule has 2 aromatic rings. The maximum Gasteiger partial charge on any atom is 0.302 e. The maximum atomic E-state index is 11.7. The lowest BCUT2D eigenvalue weighted by Crippen LogP contribution is -2.37. The Kier molecular flexibility index (Phi) is 6.72. The molecule has 1 heterocycles. The second-order valence-electron chi connectivity index (χ2n) is 8.39. The van der Waals surface area contributed by atoms with Crippen LogP contribution < -0.4 is 18.9 Å². The summed E-state index contributed by atoms with van der Waals surface area (Å²) in [6, 6.07) is 7.37. The van der Waals surface area contributed by atoms with Crippen molar-refractivity contribution in [1.29, 1.82) is 0 Å². The van der Waals surface area contributed by atoms with Crippen molar-refractivity contribution in [2.75, 3.05) is 34.2 Å². The van der Waals surface area contributed by atoms with Gasteiger partial charge in [-0.25, -0.2) is 0 Å². The summed E-state index contributed by atoms with van der Waals surface area (Å²) in [5, 5.41) is 10.5. The van der Waals surface area contributed by atoms with Crippen molar-refractivity contribution in [2.45, 2.75) is 26.2 Å². The lowest BCUT2D eigenvalue weighted by molar-refractivity contribution is -0.147. The molecule has 9 heteroatoms. The van der Waals surface area contributed by atoms with E-state index >= 15 is 0 Å². The molecule has 0 saturated carbocycles. The Labute approximate surface area is 197 Å². The molecule has 0 amide bonds. The van der Waals surface area contributed by atoms with Gasteiger partial charge in [0, 0.05) is 31.6 Å². The molecule has 4 rings (SSSR count). The molecule has 2 aliphatic rings. The van der Waals surface area contributed by atoms with Gasteiger partial charge in [-0.15, -0.1) is 0 Å². The molecule has 0 fully saturated rings. The Morgan fingerprint density at radius 2 is 1.53 bits per heavy atom. The molecule has 2 aromatic carbocycles. The second kappa shape index (κ2) is 9.70. The van der Waals surface area contributed by atoms with Crippen LogP contribution in [0.3, 0.4) is 0 Å². The van der Waals surface area contributed by atoms with Crippen LogP contribution in [0.1, 0.15) is 36.5 Å². The average molecular weight is 472 g/mol. The number of hydrogen-bond donors (Lipinski definition) is 1. The van der Waals surface area contributed by atoms with E-state index in [9.17, 15) is 14.7 Å². The number of phenolic OH excluding ortho intramolecular Hbond substituents is 1. The van der Waals surface area contributed by atoms with Crippen LogP contribution in [0.2, 0.25) is 0 Å². The fourth-order valence-electron chi connectivity index (χ4n) is 4.78. The lowest BCUT2D eigenvalue weighted by atomic mass is 9.66. The van der Waals surface area contributed by atoms with E-state index < -0.39 is 5.97 Å². The molecular weight excluding hydrogens is 444 g/mol. The third-order valence-electron chi connectivity index (χ3n) is 6.33. The van der Waals surface area contributed by atoms with Gasteiger partial charge in [0.05, 0.1) is 27.4 Å². The van der Waals surface area contributed by atoms with Crippen LogP contribution in [0.5, 0.6) is 28.7 Å². The predicted molar refractivity (Wildman–Crippen MR) is 120 cm³/mol. The molecule has 182 valence electrons. The Balaban J connectivity index is 1.88. The van der Waals surface area contributed by atoms with Crippen molar-refractivity contribution in [3.8, 4) is 28.7 Å². The van der Waals surface area contributed by atoms with Gasteiger partial charge in [0.1, 0.15) is 0 Å². The topological polar surface area (TPSA) is 110 Å². The van der Waals surface area contributed by atoms with Crippen molar-refractivity contribution in [2.24, 2.45) is 11.8 Å². The number of fused-ring (bicyclic) bond motifs is 2. The van der Waals surface area contributed by atoms with E-state index in [-0.39, 0.29) is 61.0 Å². The van der Waals surface area contributed by atoms with Gasteiger partial charge < -0.3 is 33.5 Å². The molecule has 1 aliphatic heterocycles. The molecule has 0 unspecified atom stereocenters. The zero-order valence-corrected chi connectivity index (χ0v) is 19.6. The molecule has 0 spiro atoms. The molecule has 0 aromatic heterocycles. The minimum atomic E-state index is -0.401. The Morgan fingerprint density at radius 3 is 2.12 bits per heavy atom. The number of esters is 2. The molecule has 34 heavy (non-hydrogen) atoms. The molecule has 0 radical (unpaired) electrons. The number of methoxy groups -OCH3 is 2. The Hall–Kier alpha value is -3.62. The Morgan fingerprint density at radius 1 is 0.941 bits per heavy atom. The summed E-state index contributed by atoms with van der Waals surface area (Å²) < 4.78 is 32.9. The highest BCUT2D eigenvalue weighted by Gasteiger charge is 2.41. The van der Waals surface area contributed by atoms with Crippen LogP contribution in [-0.4, -0.2) is 51.3 Å². The first-order valence-electron chi connectivity index (χ1n) is 11.0. The molecule has 3 atom stereocenters. The summed E-state index contributed by atoms with van der Waals surface area (Å²) in [6.45, 7) is 3.14. The first-order valence-corrected chi connectivity index (χ1v) is 11.0. The first-order chi connectivity index (χ1) is 16.3. The van der Waals surface area contributed by atoms with Gasteiger partial charge in [0.2, 0.25) is 12.5 Å². The smallest absolute Gasteiger partial charge is 0.302 e. The second-order valence-corrected chi connectivity index (χ2v) is 8.39. The van der Waals surface area contributed by atoms with E-state index in [1.165, 1.54) is 28.1 Å². The normalized spacial score (nSPS) is 20.3.